The fourth-order valence-electron chi connectivity index (χ4n) is 1.58. The molecule has 0 aromatic carbocycles. The van der Waals surface area contributed by atoms with Crippen molar-refractivity contribution in [2.45, 2.75) is 19.1 Å². The number of hydrogen-bond donors (Lipinski definition) is 0. The fourth-order valence-corrected chi connectivity index (χ4v) is 1.58. The van der Waals surface area contributed by atoms with Gasteiger partial charge in [-0.3, -0.25) is 4.68 Å². The number of nitrogens with zero attached hydrogens (tertiary/aromatic N) is 3. The van der Waals surface area contributed by atoms with Gasteiger partial charge in [-0.2, -0.15) is 5.10 Å². The average Bonchev–Trinajstić information content (AvgIpc) is 2.85. The van der Waals surface area contributed by atoms with Gasteiger partial charge >= 0.3 is 5.97 Å². The molecule has 0 amide bonds. The molecular formula is C10H13N3O3. The molecule has 1 aliphatic heterocycles. The van der Waals surface area contributed by atoms with Crippen molar-refractivity contribution in [1.82, 2.24) is 9.78 Å². The minimum absolute atomic E-state index is 0.338. The zero-order valence-electron chi connectivity index (χ0n) is 9.16. The number of carbonyl (C=O) groups is 1. The Morgan fingerprint density at radius 3 is 3.12 bits per heavy atom. The van der Waals surface area contributed by atoms with Crippen LogP contribution in [0.15, 0.2) is 17.4 Å². The third-order valence-electron chi connectivity index (χ3n) is 2.30. The number of aromatic nitrogens is 2. The van der Waals surface area contributed by atoms with Crippen molar-refractivity contribution >= 4 is 12.4 Å². The van der Waals surface area contributed by atoms with E-state index in [1.54, 1.807) is 31.0 Å². The largest absolute Gasteiger partial charge is 0.473 e. The van der Waals surface area contributed by atoms with Gasteiger partial charge in [0.25, 0.3) is 0 Å². The van der Waals surface area contributed by atoms with Gasteiger partial charge in [0.05, 0.1) is 12.8 Å². The highest BCUT2D eigenvalue weighted by Crippen LogP contribution is 2.27. The first-order chi connectivity index (χ1) is 7.72. The lowest BCUT2D eigenvalue weighted by atomic mass is 10.1. The summed E-state index contributed by atoms with van der Waals surface area (Å²) in [6.45, 7) is 2.10. The quantitative estimate of drug-likeness (QED) is 0.698. The normalized spacial score (nSPS) is 23.1. The third kappa shape index (κ3) is 1.91. The van der Waals surface area contributed by atoms with E-state index < -0.39 is 12.1 Å². The molecule has 2 unspecified atom stereocenters. The summed E-state index contributed by atoms with van der Waals surface area (Å²) >= 11 is 0. The second-order valence-electron chi connectivity index (χ2n) is 3.46. The lowest BCUT2D eigenvalue weighted by molar-refractivity contribution is -0.146. The maximum absolute atomic E-state index is 11.6. The van der Waals surface area contributed by atoms with Crippen LogP contribution < -0.4 is 0 Å². The molecular weight excluding hydrogens is 210 g/mol. The summed E-state index contributed by atoms with van der Waals surface area (Å²) in [6.07, 6.45) is 4.32. The molecule has 0 bridgehead atoms. The maximum Gasteiger partial charge on any atom is 0.335 e. The van der Waals surface area contributed by atoms with E-state index >= 15 is 0 Å². The molecule has 86 valence electrons. The molecule has 1 aromatic heterocycles. The van der Waals surface area contributed by atoms with Crippen molar-refractivity contribution in [3.8, 4) is 0 Å². The molecule has 0 saturated heterocycles. The van der Waals surface area contributed by atoms with E-state index in [9.17, 15) is 4.79 Å². The number of rotatable bonds is 3. The second-order valence-corrected chi connectivity index (χ2v) is 3.46. The highest BCUT2D eigenvalue weighted by Gasteiger charge is 2.35. The van der Waals surface area contributed by atoms with E-state index in [0.717, 1.165) is 5.56 Å². The van der Waals surface area contributed by atoms with Gasteiger partial charge in [0.15, 0.2) is 18.5 Å². The van der Waals surface area contributed by atoms with E-state index in [1.165, 1.54) is 6.40 Å². The molecule has 2 rings (SSSR count). The number of hydrogen-bond acceptors (Lipinski definition) is 5. The van der Waals surface area contributed by atoms with E-state index in [-0.39, 0.29) is 5.97 Å². The third-order valence-corrected chi connectivity index (χ3v) is 2.30. The summed E-state index contributed by atoms with van der Waals surface area (Å²) in [6, 6.07) is -0.621. The lowest BCUT2D eigenvalue weighted by Gasteiger charge is -2.14. The van der Waals surface area contributed by atoms with Crippen LogP contribution in [0.5, 0.6) is 0 Å². The van der Waals surface area contributed by atoms with Gasteiger partial charge in [-0.1, -0.05) is 0 Å². The Kier molecular flexibility index (Phi) is 2.89. The van der Waals surface area contributed by atoms with Crippen molar-refractivity contribution in [1.29, 1.82) is 0 Å². The molecule has 2 atom stereocenters. The van der Waals surface area contributed by atoms with E-state index in [4.69, 9.17) is 9.47 Å². The molecule has 1 aromatic rings. The van der Waals surface area contributed by atoms with E-state index in [0.29, 0.717) is 6.61 Å². The molecule has 1 aliphatic rings. The minimum atomic E-state index is -0.621. The van der Waals surface area contributed by atoms with Crippen LogP contribution in [0, 0.1) is 0 Å². The summed E-state index contributed by atoms with van der Waals surface area (Å²) in [5, 5.41) is 4.03. The molecule has 0 saturated carbocycles. The molecule has 6 nitrogen and oxygen atoms in total. The number of ether oxygens (including phenoxy) is 2. The van der Waals surface area contributed by atoms with Gasteiger partial charge < -0.3 is 9.47 Å². The van der Waals surface area contributed by atoms with Crippen LogP contribution in [0.3, 0.4) is 0 Å². The average molecular weight is 223 g/mol. The number of aryl methyl sites for hydroxylation is 1. The molecule has 0 N–H and O–H groups in total. The molecule has 0 radical (unpaired) electrons. The van der Waals surface area contributed by atoms with Crippen LogP contribution in [0.25, 0.3) is 0 Å². The fraction of sp³-hybridized carbons (Fsp3) is 0.500. The van der Waals surface area contributed by atoms with Gasteiger partial charge in [0, 0.05) is 18.8 Å². The van der Waals surface area contributed by atoms with Crippen LogP contribution in [0.4, 0.5) is 0 Å². The Balaban J connectivity index is 2.13. The number of carbonyl (C=O) groups excluding carboxylic acids is 1. The first-order valence-electron chi connectivity index (χ1n) is 5.04. The van der Waals surface area contributed by atoms with Crippen molar-refractivity contribution in [3.63, 3.8) is 0 Å². The predicted molar refractivity (Wildman–Crippen MR) is 55.9 cm³/mol. The Labute approximate surface area is 92.9 Å². The van der Waals surface area contributed by atoms with Crippen LogP contribution >= 0.6 is 0 Å². The number of aliphatic imine (C=N–C) groups is 1. The Bertz CT molecular complexity index is 413. The SMILES string of the molecule is CCOC(=O)C1N=COC1c1cnn(C)c1. The molecule has 2 heterocycles. The monoisotopic (exact) mass is 223 g/mol. The van der Waals surface area contributed by atoms with Gasteiger partial charge in [0.1, 0.15) is 0 Å². The topological polar surface area (TPSA) is 65.7 Å². The Morgan fingerprint density at radius 1 is 1.69 bits per heavy atom. The number of esters is 1. The van der Waals surface area contributed by atoms with Crippen LogP contribution in [0.2, 0.25) is 0 Å². The van der Waals surface area contributed by atoms with E-state index in [2.05, 4.69) is 10.1 Å². The van der Waals surface area contributed by atoms with Gasteiger partial charge in [-0.25, -0.2) is 9.79 Å². The van der Waals surface area contributed by atoms with Crippen LogP contribution in [-0.4, -0.2) is 34.8 Å². The molecule has 0 fully saturated rings. The van der Waals surface area contributed by atoms with E-state index in [1.807, 2.05) is 0 Å². The molecule has 6 heteroatoms. The first kappa shape index (κ1) is 10.7. The van der Waals surface area contributed by atoms with Crippen molar-refractivity contribution < 1.29 is 14.3 Å². The molecule has 0 spiro atoms. The summed E-state index contributed by atoms with van der Waals surface area (Å²) in [5.74, 6) is -0.370. The summed E-state index contributed by atoms with van der Waals surface area (Å²) in [5.41, 5.74) is 0.818. The Morgan fingerprint density at radius 2 is 2.50 bits per heavy atom. The smallest absolute Gasteiger partial charge is 0.335 e. The minimum Gasteiger partial charge on any atom is -0.473 e. The lowest BCUT2D eigenvalue weighted by Crippen LogP contribution is -2.26. The van der Waals surface area contributed by atoms with Crippen molar-refractivity contribution in [2.75, 3.05) is 6.61 Å². The van der Waals surface area contributed by atoms with Crippen molar-refractivity contribution in [3.05, 3.63) is 18.0 Å². The Hall–Kier alpha value is -1.85. The summed E-state index contributed by atoms with van der Waals surface area (Å²) in [7, 11) is 1.80. The highest BCUT2D eigenvalue weighted by molar-refractivity contribution is 5.80. The van der Waals surface area contributed by atoms with Crippen molar-refractivity contribution in [2.24, 2.45) is 12.0 Å². The van der Waals surface area contributed by atoms with Gasteiger partial charge in [0.2, 0.25) is 0 Å². The van der Waals surface area contributed by atoms with Crippen LogP contribution in [-0.2, 0) is 21.3 Å². The van der Waals surface area contributed by atoms with Crippen LogP contribution in [0.1, 0.15) is 18.6 Å². The predicted octanol–water partition coefficient (Wildman–Crippen LogP) is 0.451. The maximum atomic E-state index is 11.6. The molecule has 16 heavy (non-hydrogen) atoms. The summed E-state index contributed by atoms with van der Waals surface area (Å²) in [4.78, 5) is 15.6. The highest BCUT2D eigenvalue weighted by atomic mass is 16.5. The molecule has 0 aliphatic carbocycles. The zero-order valence-corrected chi connectivity index (χ0v) is 9.16. The second kappa shape index (κ2) is 4.34. The summed E-state index contributed by atoms with van der Waals surface area (Å²) < 4.78 is 11.9. The van der Waals surface area contributed by atoms with Gasteiger partial charge in [-0.15, -0.1) is 0 Å². The first-order valence-corrected chi connectivity index (χ1v) is 5.04. The standard InChI is InChI=1S/C10H13N3O3/c1-3-15-10(14)8-9(16-6-11-8)7-4-12-13(2)5-7/h4-6,8-9H,3H2,1-2H3. The van der Waals surface area contributed by atoms with Gasteiger partial charge in [-0.05, 0) is 6.92 Å². The zero-order chi connectivity index (χ0) is 11.5.